The number of aromatic nitrogens is 2. The molecule has 1 spiro atoms. The number of aliphatic carboxylic acids is 1. The summed E-state index contributed by atoms with van der Waals surface area (Å²) in [7, 11) is 1.89. The third-order valence-corrected chi connectivity index (χ3v) is 5.32. The number of hydrogen-bond donors (Lipinski definition) is 4. The molecule has 2 fully saturated rings. The molecular weight excluding hydrogens is 324 g/mol. The maximum absolute atomic E-state index is 11.4. The molecule has 1 unspecified atom stereocenters. The van der Waals surface area contributed by atoms with Gasteiger partial charge in [0.1, 0.15) is 17.7 Å². The second-order valence-electron chi connectivity index (χ2n) is 7.08. The number of anilines is 3. The smallest absolute Gasteiger partial charge is 0.320 e. The molecule has 9 nitrogen and oxygen atoms in total. The summed E-state index contributed by atoms with van der Waals surface area (Å²) < 4.78 is 0. The van der Waals surface area contributed by atoms with Crippen molar-refractivity contribution in [2.45, 2.75) is 25.3 Å². The van der Waals surface area contributed by atoms with Crippen LogP contribution in [0.15, 0.2) is 6.07 Å². The number of aliphatic hydroxyl groups excluding tert-OH is 1. The quantitative estimate of drug-likeness (QED) is 0.572. The van der Waals surface area contributed by atoms with E-state index >= 15 is 0 Å². The van der Waals surface area contributed by atoms with Crippen LogP contribution in [0.1, 0.15) is 19.3 Å². The first-order valence-electron chi connectivity index (χ1n) is 8.60. The fourth-order valence-corrected chi connectivity index (χ4v) is 4.01. The minimum atomic E-state index is -0.732. The van der Waals surface area contributed by atoms with Gasteiger partial charge in [-0.1, -0.05) is 0 Å². The van der Waals surface area contributed by atoms with Crippen molar-refractivity contribution in [3.05, 3.63) is 6.07 Å². The fraction of sp³-hybridized carbons (Fsp3) is 0.688. The highest BCUT2D eigenvalue weighted by Crippen LogP contribution is 2.43. The lowest BCUT2D eigenvalue weighted by molar-refractivity contribution is -0.141. The van der Waals surface area contributed by atoms with Crippen LogP contribution in [0.4, 0.5) is 17.6 Å². The van der Waals surface area contributed by atoms with Crippen molar-refractivity contribution in [1.29, 1.82) is 0 Å². The third-order valence-electron chi connectivity index (χ3n) is 5.32. The summed E-state index contributed by atoms with van der Waals surface area (Å²) in [5.74, 6) is 0.835. The van der Waals surface area contributed by atoms with Gasteiger partial charge in [-0.2, -0.15) is 9.97 Å². The summed E-state index contributed by atoms with van der Waals surface area (Å²) in [6.07, 6.45) is 2.58. The lowest BCUT2D eigenvalue weighted by atomic mass is 9.76. The Morgan fingerprint density at radius 3 is 2.76 bits per heavy atom. The molecule has 0 aromatic carbocycles. The minimum Gasteiger partial charge on any atom is -0.480 e. The van der Waals surface area contributed by atoms with Crippen molar-refractivity contribution >= 4 is 23.6 Å². The second-order valence-corrected chi connectivity index (χ2v) is 7.08. The number of likely N-dealkylation sites (tertiary alicyclic amines) is 1. The molecule has 2 aliphatic heterocycles. The van der Waals surface area contributed by atoms with E-state index < -0.39 is 5.97 Å². The van der Waals surface area contributed by atoms with Crippen molar-refractivity contribution in [3.8, 4) is 0 Å². The Morgan fingerprint density at radius 2 is 2.16 bits per heavy atom. The Bertz CT molecular complexity index is 632. The molecule has 3 heterocycles. The summed E-state index contributed by atoms with van der Waals surface area (Å²) in [6, 6.07) is 1.46. The van der Waals surface area contributed by atoms with Gasteiger partial charge >= 0.3 is 5.97 Å². The molecule has 5 N–H and O–H groups in total. The first kappa shape index (κ1) is 17.7. The summed E-state index contributed by atoms with van der Waals surface area (Å²) in [6.45, 7) is 2.88. The largest absolute Gasteiger partial charge is 0.480 e. The van der Waals surface area contributed by atoms with Gasteiger partial charge in [0.25, 0.3) is 0 Å². The fourth-order valence-electron chi connectivity index (χ4n) is 4.01. The number of hydrogen-bond acceptors (Lipinski definition) is 8. The Hall–Kier alpha value is -2.13. The first-order chi connectivity index (χ1) is 11.9. The molecule has 2 aliphatic rings. The molecule has 0 aliphatic carbocycles. The number of nitrogens with two attached hydrogens (primary N) is 1. The topological polar surface area (TPSA) is 128 Å². The zero-order valence-electron chi connectivity index (χ0n) is 14.5. The van der Waals surface area contributed by atoms with Crippen molar-refractivity contribution in [2.24, 2.45) is 5.41 Å². The molecule has 1 aromatic heterocycles. The number of nitrogen functional groups attached to an aromatic ring is 1. The highest BCUT2D eigenvalue weighted by molar-refractivity contribution is 5.74. The van der Waals surface area contributed by atoms with Gasteiger partial charge in [0.05, 0.1) is 6.61 Å². The van der Waals surface area contributed by atoms with E-state index in [9.17, 15) is 9.90 Å². The molecule has 1 atom stereocenters. The lowest BCUT2D eigenvalue weighted by Gasteiger charge is -2.39. The average Bonchev–Trinajstić information content (AvgIpc) is 2.89. The molecule has 0 bridgehead atoms. The number of carboxylic acids is 1. The van der Waals surface area contributed by atoms with E-state index in [2.05, 4.69) is 20.2 Å². The molecule has 0 amide bonds. The van der Waals surface area contributed by atoms with Gasteiger partial charge in [-0.25, -0.2) is 0 Å². The Kier molecular flexibility index (Phi) is 4.96. The second kappa shape index (κ2) is 7.01. The van der Waals surface area contributed by atoms with E-state index in [1.54, 1.807) is 0 Å². The normalized spacial score (nSPS) is 23.1. The van der Waals surface area contributed by atoms with Gasteiger partial charge in [-0.05, 0) is 31.7 Å². The van der Waals surface area contributed by atoms with Crippen molar-refractivity contribution in [1.82, 2.24) is 14.9 Å². The maximum Gasteiger partial charge on any atom is 0.320 e. The molecule has 0 saturated carbocycles. The van der Waals surface area contributed by atoms with Crippen molar-refractivity contribution in [2.75, 3.05) is 55.8 Å². The number of nitrogens with one attached hydrogen (secondary N) is 1. The maximum atomic E-state index is 11.4. The number of piperidine rings is 1. The van der Waals surface area contributed by atoms with Gasteiger partial charge in [-0.3, -0.25) is 9.69 Å². The van der Waals surface area contributed by atoms with E-state index in [0.29, 0.717) is 18.8 Å². The lowest BCUT2D eigenvalue weighted by Crippen LogP contribution is -2.41. The van der Waals surface area contributed by atoms with Crippen LogP contribution in [-0.4, -0.2) is 76.9 Å². The van der Waals surface area contributed by atoms with Crippen molar-refractivity contribution < 1.29 is 15.0 Å². The van der Waals surface area contributed by atoms with Crippen LogP contribution in [0, 0.1) is 5.41 Å². The Labute approximate surface area is 146 Å². The molecule has 138 valence electrons. The number of carboxylic acid groups (broad SMARTS) is 1. The number of rotatable bonds is 5. The van der Waals surface area contributed by atoms with Gasteiger partial charge in [0, 0.05) is 32.2 Å². The molecule has 1 aromatic rings. The van der Waals surface area contributed by atoms with Gasteiger partial charge in [0.15, 0.2) is 0 Å². The van der Waals surface area contributed by atoms with Crippen LogP contribution in [0.2, 0.25) is 0 Å². The van der Waals surface area contributed by atoms with E-state index in [-0.39, 0.29) is 24.0 Å². The standard InChI is InChI=1S/C16H26N6O3/c1-21-10-16(9-11(21)14(24)25)2-5-22(6-3-16)13-8-12(18-4-7-23)19-15(17)20-13/h8,11,23H,2-7,9-10H2,1H3,(H,24,25)(H3,17,18,19,20). The predicted octanol–water partition coefficient (Wildman–Crippen LogP) is -0.162. The van der Waals surface area contributed by atoms with Crippen LogP contribution < -0.4 is 16.0 Å². The first-order valence-corrected chi connectivity index (χ1v) is 8.60. The van der Waals surface area contributed by atoms with Crippen LogP contribution in [0.5, 0.6) is 0 Å². The SMILES string of the molecule is CN1CC2(CCN(c3cc(NCCO)nc(N)n3)CC2)CC1C(=O)O. The average molecular weight is 350 g/mol. The summed E-state index contributed by atoms with van der Waals surface area (Å²) in [5.41, 5.74) is 5.87. The monoisotopic (exact) mass is 350 g/mol. The van der Waals surface area contributed by atoms with E-state index in [0.717, 1.165) is 38.3 Å². The third kappa shape index (κ3) is 3.77. The molecule has 0 radical (unpaired) electrons. The summed E-state index contributed by atoms with van der Waals surface area (Å²) >= 11 is 0. The number of nitrogens with zero attached hydrogens (tertiary/aromatic N) is 4. The zero-order chi connectivity index (χ0) is 18.0. The molecule has 2 saturated heterocycles. The minimum absolute atomic E-state index is 0.0176. The summed E-state index contributed by atoms with van der Waals surface area (Å²) in [5, 5.41) is 21.3. The predicted molar refractivity (Wildman–Crippen MR) is 94.6 cm³/mol. The van der Waals surface area contributed by atoms with Crippen LogP contribution in [0.3, 0.4) is 0 Å². The highest BCUT2D eigenvalue weighted by Gasteiger charge is 2.46. The number of carbonyl (C=O) groups is 1. The van der Waals surface area contributed by atoms with Gasteiger partial charge in [-0.15, -0.1) is 0 Å². The Balaban J connectivity index is 1.67. The van der Waals surface area contributed by atoms with E-state index in [1.165, 1.54) is 0 Å². The number of likely N-dealkylation sites (N-methyl/N-ethyl adjacent to an activating group) is 1. The van der Waals surface area contributed by atoms with E-state index in [4.69, 9.17) is 10.8 Å². The van der Waals surface area contributed by atoms with Crippen molar-refractivity contribution in [3.63, 3.8) is 0 Å². The van der Waals surface area contributed by atoms with Crippen LogP contribution in [0.25, 0.3) is 0 Å². The van der Waals surface area contributed by atoms with Gasteiger partial charge in [0.2, 0.25) is 5.95 Å². The molecule has 9 heteroatoms. The van der Waals surface area contributed by atoms with E-state index in [1.807, 2.05) is 18.0 Å². The molecular formula is C16H26N6O3. The highest BCUT2D eigenvalue weighted by atomic mass is 16.4. The van der Waals surface area contributed by atoms with Crippen LogP contribution in [-0.2, 0) is 4.79 Å². The van der Waals surface area contributed by atoms with Gasteiger partial charge < -0.3 is 26.2 Å². The van der Waals surface area contributed by atoms with Crippen LogP contribution >= 0.6 is 0 Å². The summed E-state index contributed by atoms with van der Waals surface area (Å²) in [4.78, 5) is 23.9. The molecule has 25 heavy (non-hydrogen) atoms. The zero-order valence-corrected chi connectivity index (χ0v) is 14.5. The molecule has 3 rings (SSSR count). The Morgan fingerprint density at radius 1 is 1.44 bits per heavy atom. The number of aliphatic hydroxyl groups is 1.